The third kappa shape index (κ3) is 4.03. The lowest BCUT2D eigenvalue weighted by atomic mass is 10.0. The highest BCUT2D eigenvalue weighted by molar-refractivity contribution is 9.10. The zero-order chi connectivity index (χ0) is 14.5. The summed E-state index contributed by atoms with van der Waals surface area (Å²) in [5, 5.41) is 0. The number of alkyl halides is 2. The van der Waals surface area contributed by atoms with E-state index in [4.69, 9.17) is 4.74 Å². The van der Waals surface area contributed by atoms with Crippen molar-refractivity contribution in [1.82, 2.24) is 0 Å². The molecule has 0 spiro atoms. The summed E-state index contributed by atoms with van der Waals surface area (Å²) in [6, 6.07) is 5.97. The second-order valence-corrected chi connectivity index (χ2v) is 4.83. The van der Waals surface area contributed by atoms with Gasteiger partial charge < -0.3 is 4.74 Å². The zero-order valence-electron chi connectivity index (χ0n) is 10.8. The fourth-order valence-electron chi connectivity index (χ4n) is 1.48. The molecular formula is C15H15BrF2O. The lowest BCUT2D eigenvalue weighted by molar-refractivity contribution is 0.0375. The summed E-state index contributed by atoms with van der Waals surface area (Å²) in [5.74, 6) is -2.70. The van der Waals surface area contributed by atoms with Crippen LogP contribution in [0, 0.1) is 0 Å². The van der Waals surface area contributed by atoms with E-state index in [0.717, 1.165) is 4.47 Å². The third-order valence-electron chi connectivity index (χ3n) is 2.58. The molecule has 1 rings (SSSR count). The molecule has 0 aliphatic carbocycles. The maximum atomic E-state index is 14.2. The standard InChI is InChI=1S/C15H15BrF2O/c1-4-5-14(19-3)10-11(2)15(17,18)12-6-8-13(16)9-7-12/h4-10H,1H2,2-3H3/b11-10+,14-5+. The first-order valence-electron chi connectivity index (χ1n) is 5.61. The van der Waals surface area contributed by atoms with Gasteiger partial charge in [-0.25, -0.2) is 0 Å². The highest BCUT2D eigenvalue weighted by atomic mass is 79.9. The summed E-state index contributed by atoms with van der Waals surface area (Å²) in [5.41, 5.74) is -0.150. The number of ether oxygens (including phenoxy) is 1. The van der Waals surface area contributed by atoms with Crippen molar-refractivity contribution < 1.29 is 13.5 Å². The molecule has 0 atom stereocenters. The van der Waals surface area contributed by atoms with Crippen molar-refractivity contribution >= 4 is 15.9 Å². The van der Waals surface area contributed by atoms with E-state index >= 15 is 0 Å². The van der Waals surface area contributed by atoms with Crippen LogP contribution in [-0.4, -0.2) is 7.11 Å². The smallest absolute Gasteiger partial charge is 0.294 e. The molecule has 1 nitrogen and oxygen atoms in total. The van der Waals surface area contributed by atoms with Crippen LogP contribution in [0.1, 0.15) is 12.5 Å². The Morgan fingerprint density at radius 2 is 1.89 bits per heavy atom. The number of hydrogen-bond acceptors (Lipinski definition) is 1. The molecule has 0 bridgehead atoms. The van der Waals surface area contributed by atoms with Gasteiger partial charge in [0.05, 0.1) is 7.11 Å². The molecule has 0 aliphatic heterocycles. The van der Waals surface area contributed by atoms with Crippen LogP contribution >= 0.6 is 15.9 Å². The second kappa shape index (κ2) is 6.66. The van der Waals surface area contributed by atoms with E-state index in [9.17, 15) is 8.78 Å². The molecule has 0 heterocycles. The van der Waals surface area contributed by atoms with Crippen molar-refractivity contribution in [2.75, 3.05) is 7.11 Å². The SMILES string of the molecule is C=C/C=C(\C=C(/C)C(F)(F)c1ccc(Br)cc1)OC. The Balaban J connectivity index is 3.11. The predicted octanol–water partition coefficient (Wildman–Crippen LogP) is 5.20. The molecule has 0 saturated heterocycles. The third-order valence-corrected chi connectivity index (χ3v) is 3.11. The van der Waals surface area contributed by atoms with Gasteiger partial charge >= 0.3 is 0 Å². The van der Waals surface area contributed by atoms with Crippen molar-refractivity contribution in [3.8, 4) is 0 Å². The largest absolute Gasteiger partial charge is 0.497 e. The first kappa shape index (κ1) is 15.6. The first-order valence-corrected chi connectivity index (χ1v) is 6.40. The average Bonchev–Trinajstić information content (AvgIpc) is 2.38. The Morgan fingerprint density at radius 3 is 2.37 bits per heavy atom. The van der Waals surface area contributed by atoms with Gasteiger partial charge in [0.2, 0.25) is 0 Å². The monoisotopic (exact) mass is 328 g/mol. The van der Waals surface area contributed by atoms with Crippen LogP contribution in [0.25, 0.3) is 0 Å². The van der Waals surface area contributed by atoms with E-state index in [1.54, 1.807) is 12.1 Å². The first-order chi connectivity index (χ1) is 8.91. The van der Waals surface area contributed by atoms with E-state index < -0.39 is 5.92 Å². The van der Waals surface area contributed by atoms with Crippen molar-refractivity contribution in [1.29, 1.82) is 0 Å². The number of allylic oxidation sites excluding steroid dienone is 4. The maximum absolute atomic E-state index is 14.2. The fraction of sp³-hybridized carbons (Fsp3) is 0.200. The van der Waals surface area contributed by atoms with Crippen molar-refractivity contribution in [2.45, 2.75) is 12.8 Å². The molecular weight excluding hydrogens is 314 g/mol. The van der Waals surface area contributed by atoms with Crippen LogP contribution < -0.4 is 0 Å². The summed E-state index contributed by atoms with van der Waals surface area (Å²) >= 11 is 3.22. The molecule has 0 fully saturated rings. The second-order valence-electron chi connectivity index (χ2n) is 3.92. The number of methoxy groups -OCH3 is 1. The number of hydrogen-bond donors (Lipinski definition) is 0. The average molecular weight is 329 g/mol. The molecule has 1 aromatic rings. The van der Waals surface area contributed by atoms with Crippen LogP contribution in [0.15, 0.2) is 64.9 Å². The Kier molecular flexibility index (Phi) is 5.48. The summed E-state index contributed by atoms with van der Waals surface area (Å²) in [6.07, 6.45) is 4.32. The predicted molar refractivity (Wildman–Crippen MR) is 77.1 cm³/mol. The van der Waals surface area contributed by atoms with Gasteiger partial charge in [0.15, 0.2) is 0 Å². The highest BCUT2D eigenvalue weighted by Gasteiger charge is 2.33. The van der Waals surface area contributed by atoms with E-state index in [-0.39, 0.29) is 11.1 Å². The minimum atomic E-state index is -3.04. The minimum absolute atomic E-state index is 0.0569. The van der Waals surface area contributed by atoms with Crippen LogP contribution in [0.2, 0.25) is 0 Å². The van der Waals surface area contributed by atoms with Gasteiger partial charge in [-0.3, -0.25) is 0 Å². The number of benzene rings is 1. The van der Waals surface area contributed by atoms with E-state index in [0.29, 0.717) is 5.76 Å². The minimum Gasteiger partial charge on any atom is -0.497 e. The molecule has 0 N–H and O–H groups in total. The highest BCUT2D eigenvalue weighted by Crippen LogP contribution is 2.36. The van der Waals surface area contributed by atoms with Crippen molar-refractivity contribution in [3.63, 3.8) is 0 Å². The van der Waals surface area contributed by atoms with Gasteiger partial charge in [0, 0.05) is 15.6 Å². The van der Waals surface area contributed by atoms with E-state index in [1.807, 2.05) is 0 Å². The van der Waals surface area contributed by atoms with Gasteiger partial charge in [-0.05, 0) is 31.2 Å². The van der Waals surface area contributed by atoms with Crippen LogP contribution in [0.4, 0.5) is 8.78 Å². The summed E-state index contributed by atoms with van der Waals surface area (Å²) in [7, 11) is 1.43. The topological polar surface area (TPSA) is 9.23 Å². The molecule has 0 amide bonds. The molecule has 0 aromatic heterocycles. The lowest BCUT2D eigenvalue weighted by Crippen LogP contribution is -2.15. The molecule has 0 aliphatic rings. The normalized spacial score (nSPS) is 13.3. The Labute approximate surface area is 120 Å². The summed E-state index contributed by atoms with van der Waals surface area (Å²) in [6.45, 7) is 4.88. The Morgan fingerprint density at radius 1 is 1.32 bits per heavy atom. The molecule has 4 heteroatoms. The molecule has 19 heavy (non-hydrogen) atoms. The maximum Gasteiger partial charge on any atom is 0.294 e. The van der Waals surface area contributed by atoms with Gasteiger partial charge in [-0.1, -0.05) is 40.7 Å². The van der Waals surface area contributed by atoms with Crippen LogP contribution in [-0.2, 0) is 10.7 Å². The summed E-state index contributed by atoms with van der Waals surface area (Å²) < 4.78 is 34.2. The lowest BCUT2D eigenvalue weighted by Gasteiger charge is -2.18. The van der Waals surface area contributed by atoms with Crippen LogP contribution in [0.3, 0.4) is 0 Å². The van der Waals surface area contributed by atoms with Crippen molar-refractivity contribution in [2.24, 2.45) is 0 Å². The zero-order valence-corrected chi connectivity index (χ0v) is 12.4. The molecule has 1 aromatic carbocycles. The molecule has 0 saturated carbocycles. The van der Waals surface area contributed by atoms with E-state index in [1.165, 1.54) is 44.4 Å². The molecule has 0 radical (unpaired) electrons. The van der Waals surface area contributed by atoms with E-state index in [2.05, 4.69) is 22.5 Å². The van der Waals surface area contributed by atoms with Gasteiger partial charge in [0.1, 0.15) is 5.76 Å². The Hall–Kier alpha value is -1.42. The fourth-order valence-corrected chi connectivity index (χ4v) is 1.75. The Bertz CT molecular complexity index is 501. The number of halogens is 3. The van der Waals surface area contributed by atoms with Gasteiger partial charge in [0.25, 0.3) is 5.92 Å². The summed E-state index contributed by atoms with van der Waals surface area (Å²) in [4.78, 5) is 0. The van der Waals surface area contributed by atoms with Crippen LogP contribution in [0.5, 0.6) is 0 Å². The molecule has 0 unspecified atom stereocenters. The van der Waals surface area contributed by atoms with Gasteiger partial charge in [-0.15, -0.1) is 0 Å². The quantitative estimate of drug-likeness (QED) is 0.533. The molecule has 102 valence electrons. The van der Waals surface area contributed by atoms with Crippen molar-refractivity contribution in [3.05, 3.63) is 70.4 Å². The number of rotatable bonds is 5. The van der Waals surface area contributed by atoms with Gasteiger partial charge in [-0.2, -0.15) is 8.78 Å².